The van der Waals surface area contributed by atoms with E-state index in [1.807, 2.05) is 0 Å². The van der Waals surface area contributed by atoms with Gasteiger partial charge in [-0.15, -0.1) is 0 Å². The molecule has 0 N–H and O–H groups in total. The lowest BCUT2D eigenvalue weighted by Crippen LogP contribution is -2.14. The molecule has 0 bridgehead atoms. The topological polar surface area (TPSA) is 17.1 Å². The number of allylic oxidation sites excluding steroid dienone is 4. The zero-order chi connectivity index (χ0) is 10.4. The van der Waals surface area contributed by atoms with Gasteiger partial charge in [0, 0.05) is 5.92 Å². The average Bonchev–Trinajstić information content (AvgIpc) is 2.21. The minimum absolute atomic E-state index is 0.245. The largest absolute Gasteiger partial charge is 0.303 e. The normalized spacial score (nSPS) is 27.7. The molecular formula is C13H20O. The molecule has 0 aromatic heterocycles. The molecular weight excluding hydrogens is 172 g/mol. The third-order valence-electron chi connectivity index (χ3n) is 2.90. The highest BCUT2D eigenvalue weighted by atomic mass is 16.1. The Hall–Kier alpha value is -0.850. The second-order valence-electron chi connectivity index (χ2n) is 4.14. The second kappa shape index (κ2) is 5.79. The van der Waals surface area contributed by atoms with Crippen molar-refractivity contribution >= 4 is 6.29 Å². The van der Waals surface area contributed by atoms with Crippen LogP contribution in [-0.4, -0.2) is 6.29 Å². The Kier molecular flexibility index (Phi) is 4.64. The summed E-state index contributed by atoms with van der Waals surface area (Å²) in [6.07, 6.45) is 12.1. The summed E-state index contributed by atoms with van der Waals surface area (Å²) in [5.74, 6) is 0.750. The third kappa shape index (κ3) is 3.13. The van der Waals surface area contributed by atoms with Crippen molar-refractivity contribution in [1.29, 1.82) is 0 Å². The van der Waals surface area contributed by atoms with E-state index in [-0.39, 0.29) is 5.92 Å². The van der Waals surface area contributed by atoms with Crippen LogP contribution in [0.15, 0.2) is 23.8 Å². The number of carbonyl (C=O) groups is 1. The predicted molar refractivity (Wildman–Crippen MR) is 60.1 cm³/mol. The Morgan fingerprint density at radius 3 is 3.00 bits per heavy atom. The van der Waals surface area contributed by atoms with Gasteiger partial charge in [0.25, 0.3) is 0 Å². The molecule has 0 spiro atoms. The molecule has 0 aliphatic heterocycles. The van der Waals surface area contributed by atoms with E-state index in [4.69, 9.17) is 0 Å². The first kappa shape index (κ1) is 11.2. The van der Waals surface area contributed by atoms with E-state index in [1.165, 1.54) is 12.0 Å². The molecule has 2 atom stereocenters. The first-order valence-corrected chi connectivity index (χ1v) is 5.56. The van der Waals surface area contributed by atoms with E-state index < -0.39 is 0 Å². The number of hydrogen-bond acceptors (Lipinski definition) is 1. The monoisotopic (exact) mass is 192 g/mol. The number of hydrogen-bond donors (Lipinski definition) is 0. The Morgan fingerprint density at radius 2 is 2.36 bits per heavy atom. The lowest BCUT2D eigenvalue weighted by molar-refractivity contribution is -0.111. The minimum Gasteiger partial charge on any atom is -0.303 e. The zero-order valence-corrected chi connectivity index (χ0v) is 9.20. The molecule has 0 saturated heterocycles. The summed E-state index contributed by atoms with van der Waals surface area (Å²) in [7, 11) is 0. The van der Waals surface area contributed by atoms with E-state index in [0.29, 0.717) is 5.92 Å². The zero-order valence-electron chi connectivity index (χ0n) is 9.20. The molecule has 78 valence electrons. The molecule has 2 unspecified atom stereocenters. The van der Waals surface area contributed by atoms with Crippen molar-refractivity contribution in [2.45, 2.75) is 39.5 Å². The van der Waals surface area contributed by atoms with Crippen LogP contribution in [0.4, 0.5) is 0 Å². The molecule has 0 aromatic rings. The Bertz CT molecular complexity index is 238. The average molecular weight is 192 g/mol. The van der Waals surface area contributed by atoms with Crippen LogP contribution in [0.2, 0.25) is 0 Å². The number of carbonyl (C=O) groups excluding carboxylic acids is 1. The van der Waals surface area contributed by atoms with Crippen molar-refractivity contribution in [3.8, 4) is 0 Å². The van der Waals surface area contributed by atoms with Crippen molar-refractivity contribution in [1.82, 2.24) is 0 Å². The highest BCUT2D eigenvalue weighted by Crippen LogP contribution is 2.28. The molecule has 0 radical (unpaired) electrons. The van der Waals surface area contributed by atoms with Crippen molar-refractivity contribution in [3.05, 3.63) is 23.8 Å². The third-order valence-corrected chi connectivity index (χ3v) is 2.90. The lowest BCUT2D eigenvalue weighted by atomic mass is 9.82. The molecule has 14 heavy (non-hydrogen) atoms. The van der Waals surface area contributed by atoms with Crippen LogP contribution in [0.5, 0.6) is 0 Å². The summed E-state index contributed by atoms with van der Waals surface area (Å²) in [6, 6.07) is 0. The van der Waals surface area contributed by atoms with Crippen molar-refractivity contribution < 1.29 is 4.79 Å². The van der Waals surface area contributed by atoms with E-state index in [9.17, 15) is 4.79 Å². The predicted octanol–water partition coefficient (Wildman–Crippen LogP) is 3.51. The minimum atomic E-state index is 0.245. The van der Waals surface area contributed by atoms with Gasteiger partial charge in [-0.3, -0.25) is 0 Å². The van der Waals surface area contributed by atoms with Crippen LogP contribution in [0.25, 0.3) is 0 Å². The summed E-state index contributed by atoms with van der Waals surface area (Å²) in [5.41, 5.74) is 1.43. The van der Waals surface area contributed by atoms with Crippen molar-refractivity contribution in [3.63, 3.8) is 0 Å². The van der Waals surface area contributed by atoms with Gasteiger partial charge in [-0.1, -0.05) is 37.1 Å². The van der Waals surface area contributed by atoms with Gasteiger partial charge in [0.1, 0.15) is 6.29 Å². The Balaban J connectivity index is 2.54. The summed E-state index contributed by atoms with van der Waals surface area (Å²) < 4.78 is 0. The highest BCUT2D eigenvalue weighted by molar-refractivity contribution is 5.54. The molecule has 0 heterocycles. The highest BCUT2D eigenvalue weighted by Gasteiger charge is 2.18. The molecule has 0 amide bonds. The Labute approximate surface area is 86.9 Å². The SMILES string of the molecule is CCCC=CC1CC(C=O)CC=C1C. The van der Waals surface area contributed by atoms with Gasteiger partial charge in [-0.2, -0.15) is 0 Å². The fourth-order valence-electron chi connectivity index (χ4n) is 1.87. The van der Waals surface area contributed by atoms with Crippen LogP contribution in [0.3, 0.4) is 0 Å². The first-order valence-electron chi connectivity index (χ1n) is 5.56. The van der Waals surface area contributed by atoms with Gasteiger partial charge in [0.2, 0.25) is 0 Å². The molecule has 0 aromatic carbocycles. The fraction of sp³-hybridized carbons (Fsp3) is 0.615. The number of unbranched alkanes of at least 4 members (excludes halogenated alkanes) is 1. The van der Waals surface area contributed by atoms with Gasteiger partial charge in [-0.05, 0) is 32.1 Å². The molecule has 1 nitrogen and oxygen atoms in total. The quantitative estimate of drug-likeness (QED) is 0.492. The lowest BCUT2D eigenvalue weighted by Gasteiger charge is -2.22. The van der Waals surface area contributed by atoms with E-state index in [2.05, 4.69) is 32.1 Å². The van der Waals surface area contributed by atoms with Gasteiger partial charge in [0.15, 0.2) is 0 Å². The summed E-state index contributed by atoms with van der Waals surface area (Å²) >= 11 is 0. The van der Waals surface area contributed by atoms with E-state index >= 15 is 0 Å². The first-order chi connectivity index (χ1) is 6.77. The molecule has 1 heteroatoms. The number of aldehydes is 1. The van der Waals surface area contributed by atoms with Gasteiger partial charge in [-0.25, -0.2) is 0 Å². The maximum absolute atomic E-state index is 10.7. The molecule has 1 aliphatic rings. The Morgan fingerprint density at radius 1 is 1.57 bits per heavy atom. The van der Waals surface area contributed by atoms with Crippen LogP contribution in [-0.2, 0) is 4.79 Å². The molecule has 0 fully saturated rings. The maximum Gasteiger partial charge on any atom is 0.123 e. The number of rotatable bonds is 4. The van der Waals surface area contributed by atoms with Crippen LogP contribution in [0.1, 0.15) is 39.5 Å². The van der Waals surface area contributed by atoms with Gasteiger partial charge >= 0.3 is 0 Å². The second-order valence-corrected chi connectivity index (χ2v) is 4.14. The summed E-state index contributed by atoms with van der Waals surface area (Å²) in [4.78, 5) is 10.7. The maximum atomic E-state index is 10.7. The standard InChI is InChI=1S/C13H20O/c1-3-4-5-6-13-9-12(10-14)8-7-11(13)2/h5-7,10,12-13H,3-4,8-9H2,1-2H3. The van der Waals surface area contributed by atoms with Crippen molar-refractivity contribution in [2.75, 3.05) is 0 Å². The van der Waals surface area contributed by atoms with E-state index in [1.54, 1.807) is 0 Å². The summed E-state index contributed by atoms with van der Waals surface area (Å²) in [6.45, 7) is 4.35. The molecule has 1 aliphatic carbocycles. The smallest absolute Gasteiger partial charge is 0.123 e. The summed E-state index contributed by atoms with van der Waals surface area (Å²) in [5, 5.41) is 0. The van der Waals surface area contributed by atoms with Crippen LogP contribution < -0.4 is 0 Å². The van der Waals surface area contributed by atoms with Gasteiger partial charge < -0.3 is 4.79 Å². The van der Waals surface area contributed by atoms with Crippen LogP contribution >= 0.6 is 0 Å². The van der Waals surface area contributed by atoms with E-state index in [0.717, 1.165) is 25.5 Å². The molecule has 1 rings (SSSR count). The van der Waals surface area contributed by atoms with Crippen molar-refractivity contribution in [2.24, 2.45) is 11.8 Å². The molecule has 0 saturated carbocycles. The fourth-order valence-corrected chi connectivity index (χ4v) is 1.87. The van der Waals surface area contributed by atoms with Gasteiger partial charge in [0.05, 0.1) is 0 Å². The van der Waals surface area contributed by atoms with Crippen LogP contribution in [0, 0.1) is 11.8 Å².